The van der Waals surface area contributed by atoms with E-state index < -0.39 is 0 Å². The van der Waals surface area contributed by atoms with E-state index in [2.05, 4.69) is 16.3 Å². The van der Waals surface area contributed by atoms with Crippen molar-refractivity contribution in [2.75, 3.05) is 20.1 Å². The maximum absolute atomic E-state index is 13.2. The van der Waals surface area contributed by atoms with Crippen LogP contribution >= 0.6 is 0 Å². The molecule has 0 spiro atoms. The van der Waals surface area contributed by atoms with Crippen molar-refractivity contribution in [2.45, 2.75) is 25.4 Å². The molecule has 1 fully saturated rings. The molecule has 18 heavy (non-hydrogen) atoms. The van der Waals surface area contributed by atoms with Crippen LogP contribution in [0.4, 0.5) is 4.39 Å². The van der Waals surface area contributed by atoms with Gasteiger partial charge in [-0.1, -0.05) is 0 Å². The number of piperidine rings is 1. The van der Waals surface area contributed by atoms with Gasteiger partial charge in [0.15, 0.2) is 0 Å². The first-order valence-corrected chi connectivity index (χ1v) is 6.30. The predicted molar refractivity (Wildman–Crippen MR) is 68.5 cm³/mol. The molecule has 0 amide bonds. The number of nitrogens with one attached hydrogen (secondary N) is 1. The highest BCUT2D eigenvalue weighted by atomic mass is 19.1. The summed E-state index contributed by atoms with van der Waals surface area (Å²) < 4.78 is 13.2. The van der Waals surface area contributed by atoms with Gasteiger partial charge in [-0.15, -0.1) is 0 Å². The number of hydrogen-bond donors (Lipinski definition) is 1. The van der Waals surface area contributed by atoms with Gasteiger partial charge in [0.25, 0.3) is 0 Å². The van der Waals surface area contributed by atoms with Crippen LogP contribution < -0.4 is 5.32 Å². The van der Waals surface area contributed by atoms with Crippen LogP contribution in [0.1, 0.15) is 24.0 Å². The van der Waals surface area contributed by atoms with E-state index in [0.29, 0.717) is 18.2 Å². The molecule has 0 aromatic heterocycles. The molecule has 1 aliphatic rings. The van der Waals surface area contributed by atoms with Crippen LogP contribution in [0, 0.1) is 17.1 Å². The molecule has 0 bridgehead atoms. The summed E-state index contributed by atoms with van der Waals surface area (Å²) in [6.45, 7) is 2.69. The number of nitriles is 1. The number of benzene rings is 1. The van der Waals surface area contributed by atoms with Crippen molar-refractivity contribution >= 4 is 0 Å². The maximum Gasteiger partial charge on any atom is 0.123 e. The van der Waals surface area contributed by atoms with E-state index in [0.717, 1.165) is 31.5 Å². The molecule has 1 heterocycles. The molecule has 96 valence electrons. The minimum absolute atomic E-state index is 0.275. The monoisotopic (exact) mass is 247 g/mol. The zero-order valence-corrected chi connectivity index (χ0v) is 10.6. The molecule has 0 radical (unpaired) electrons. The molecule has 1 aliphatic heterocycles. The van der Waals surface area contributed by atoms with E-state index in [4.69, 9.17) is 5.26 Å². The lowest BCUT2D eigenvalue weighted by Crippen LogP contribution is -2.40. The summed E-state index contributed by atoms with van der Waals surface area (Å²) in [5.74, 6) is -0.275. The van der Waals surface area contributed by atoms with Crippen LogP contribution in [0.5, 0.6) is 0 Å². The quantitative estimate of drug-likeness (QED) is 0.886. The van der Waals surface area contributed by atoms with Crippen molar-refractivity contribution in [3.05, 3.63) is 35.1 Å². The number of rotatable bonds is 3. The summed E-state index contributed by atoms with van der Waals surface area (Å²) in [4.78, 5) is 2.22. The smallest absolute Gasteiger partial charge is 0.123 e. The second kappa shape index (κ2) is 5.94. The topological polar surface area (TPSA) is 39.1 Å². The summed E-state index contributed by atoms with van der Waals surface area (Å²) in [5, 5.41) is 12.4. The minimum atomic E-state index is -0.275. The molecule has 0 unspecified atom stereocenters. The van der Waals surface area contributed by atoms with Crippen LogP contribution in [0.15, 0.2) is 18.2 Å². The third-order valence-electron chi connectivity index (χ3n) is 3.54. The Kier molecular flexibility index (Phi) is 4.29. The van der Waals surface area contributed by atoms with Crippen molar-refractivity contribution in [1.82, 2.24) is 10.2 Å². The van der Waals surface area contributed by atoms with Crippen molar-refractivity contribution < 1.29 is 4.39 Å². The maximum atomic E-state index is 13.2. The molecule has 2 rings (SSSR count). The molecule has 1 aromatic rings. The van der Waals surface area contributed by atoms with E-state index in [9.17, 15) is 4.39 Å². The number of nitrogens with zero attached hydrogens (tertiary/aromatic N) is 2. The average molecular weight is 247 g/mol. The van der Waals surface area contributed by atoms with E-state index in [1.54, 1.807) is 6.07 Å². The van der Waals surface area contributed by atoms with Crippen LogP contribution in [-0.4, -0.2) is 31.1 Å². The van der Waals surface area contributed by atoms with Gasteiger partial charge < -0.3 is 5.32 Å². The van der Waals surface area contributed by atoms with Crippen molar-refractivity contribution in [2.24, 2.45) is 0 Å². The molecule has 0 aliphatic carbocycles. The fourth-order valence-corrected chi connectivity index (χ4v) is 2.45. The molecule has 0 saturated carbocycles. The zero-order chi connectivity index (χ0) is 13.0. The summed E-state index contributed by atoms with van der Waals surface area (Å²) in [7, 11) is 2.04. The van der Waals surface area contributed by atoms with E-state index in [1.807, 2.05) is 7.05 Å². The summed E-state index contributed by atoms with van der Waals surface area (Å²) >= 11 is 0. The summed E-state index contributed by atoms with van der Waals surface area (Å²) in [6.07, 6.45) is 2.21. The third kappa shape index (κ3) is 3.06. The first-order chi connectivity index (χ1) is 8.70. The normalized spacial score (nSPS) is 16.8. The van der Waals surface area contributed by atoms with E-state index in [-0.39, 0.29) is 5.82 Å². The molecule has 4 heteroatoms. The van der Waals surface area contributed by atoms with Gasteiger partial charge >= 0.3 is 0 Å². The average Bonchev–Trinajstić information content (AvgIpc) is 2.40. The Labute approximate surface area is 107 Å². The largest absolute Gasteiger partial charge is 0.317 e. The Morgan fingerprint density at radius 3 is 2.83 bits per heavy atom. The Bertz CT molecular complexity index is 447. The third-order valence-corrected chi connectivity index (χ3v) is 3.54. The second-order valence-corrected chi connectivity index (χ2v) is 4.81. The minimum Gasteiger partial charge on any atom is -0.317 e. The molecule has 3 nitrogen and oxygen atoms in total. The van der Waals surface area contributed by atoms with E-state index in [1.165, 1.54) is 12.1 Å². The van der Waals surface area contributed by atoms with Crippen LogP contribution in [0.2, 0.25) is 0 Å². The van der Waals surface area contributed by atoms with Gasteiger partial charge in [-0.3, -0.25) is 4.90 Å². The predicted octanol–water partition coefficient (Wildman–Crippen LogP) is 1.88. The van der Waals surface area contributed by atoms with Crippen LogP contribution in [-0.2, 0) is 6.54 Å². The van der Waals surface area contributed by atoms with Gasteiger partial charge in [-0.05, 0) is 56.7 Å². The molecule has 1 saturated heterocycles. The Balaban J connectivity index is 2.08. The molecule has 1 aromatic carbocycles. The Morgan fingerprint density at radius 1 is 1.44 bits per heavy atom. The first-order valence-electron chi connectivity index (χ1n) is 6.30. The highest BCUT2D eigenvalue weighted by Crippen LogP contribution is 2.17. The van der Waals surface area contributed by atoms with Gasteiger partial charge in [0, 0.05) is 12.6 Å². The lowest BCUT2D eigenvalue weighted by Gasteiger charge is -2.31. The lowest BCUT2D eigenvalue weighted by atomic mass is 10.0. The first kappa shape index (κ1) is 13.0. The fourth-order valence-electron chi connectivity index (χ4n) is 2.45. The summed E-state index contributed by atoms with van der Waals surface area (Å²) in [5.41, 5.74) is 1.34. The van der Waals surface area contributed by atoms with Crippen LogP contribution in [0.25, 0.3) is 0 Å². The molecular weight excluding hydrogens is 229 g/mol. The molecule has 1 N–H and O–H groups in total. The Morgan fingerprint density at radius 2 is 2.17 bits per heavy atom. The fraction of sp³-hybridized carbons (Fsp3) is 0.500. The van der Waals surface area contributed by atoms with Gasteiger partial charge in [-0.2, -0.15) is 5.26 Å². The van der Waals surface area contributed by atoms with Gasteiger partial charge in [0.05, 0.1) is 11.6 Å². The number of halogens is 1. The standard InChI is InChI=1S/C14H18FN3/c1-18(14-4-6-17-7-5-14)10-12-8-13(15)3-2-11(12)9-16/h2-3,8,14,17H,4-7,10H2,1H3. The molecular formula is C14H18FN3. The highest BCUT2D eigenvalue weighted by molar-refractivity contribution is 5.37. The lowest BCUT2D eigenvalue weighted by molar-refractivity contribution is 0.191. The van der Waals surface area contributed by atoms with Crippen molar-refractivity contribution in [3.63, 3.8) is 0 Å². The van der Waals surface area contributed by atoms with Gasteiger partial charge in [0.1, 0.15) is 5.82 Å². The Hall–Kier alpha value is -1.44. The van der Waals surface area contributed by atoms with E-state index >= 15 is 0 Å². The second-order valence-electron chi connectivity index (χ2n) is 4.81. The number of hydrogen-bond acceptors (Lipinski definition) is 3. The zero-order valence-electron chi connectivity index (χ0n) is 10.6. The van der Waals surface area contributed by atoms with Crippen molar-refractivity contribution in [1.29, 1.82) is 5.26 Å². The van der Waals surface area contributed by atoms with Crippen molar-refractivity contribution in [3.8, 4) is 6.07 Å². The van der Waals surface area contributed by atoms with Gasteiger partial charge in [0.2, 0.25) is 0 Å². The summed E-state index contributed by atoms with van der Waals surface area (Å²) in [6, 6.07) is 7.00. The van der Waals surface area contributed by atoms with Crippen LogP contribution in [0.3, 0.4) is 0 Å². The highest BCUT2D eigenvalue weighted by Gasteiger charge is 2.18. The SMILES string of the molecule is CN(Cc1cc(F)ccc1C#N)C1CCNCC1. The molecule has 0 atom stereocenters. The van der Waals surface area contributed by atoms with Gasteiger partial charge in [-0.25, -0.2) is 4.39 Å².